The molecular formula is C9H19N. The third-order valence-electron chi connectivity index (χ3n) is 2.89. The first kappa shape index (κ1) is 8.06. The lowest BCUT2D eigenvalue weighted by Crippen LogP contribution is -2.37. The van der Waals surface area contributed by atoms with E-state index in [0.29, 0.717) is 0 Å². The summed E-state index contributed by atoms with van der Waals surface area (Å²) in [6.45, 7) is 5.95. The third-order valence-corrected chi connectivity index (χ3v) is 2.89. The van der Waals surface area contributed by atoms with Crippen molar-refractivity contribution in [2.45, 2.75) is 39.2 Å². The predicted octanol–water partition coefficient (Wildman–Crippen LogP) is 2.13. The first-order valence-electron chi connectivity index (χ1n) is 4.44. The third kappa shape index (κ3) is 1.72. The van der Waals surface area contributed by atoms with Gasteiger partial charge in [-0.25, -0.2) is 0 Å². The van der Waals surface area contributed by atoms with E-state index in [2.05, 4.69) is 25.8 Å². The van der Waals surface area contributed by atoms with Crippen LogP contribution in [0.15, 0.2) is 0 Å². The van der Waals surface area contributed by atoms with E-state index in [-0.39, 0.29) is 0 Å². The molecule has 1 aliphatic heterocycles. The van der Waals surface area contributed by atoms with Crippen LogP contribution in [0.5, 0.6) is 0 Å². The van der Waals surface area contributed by atoms with Crippen LogP contribution in [-0.2, 0) is 0 Å². The zero-order chi connectivity index (χ0) is 7.56. The molecule has 0 bridgehead atoms. The molecule has 10 heavy (non-hydrogen) atoms. The molecular weight excluding hydrogens is 122 g/mol. The number of rotatable bonds is 1. The van der Waals surface area contributed by atoms with Gasteiger partial charge in [0, 0.05) is 6.04 Å². The second-order valence-electron chi connectivity index (χ2n) is 3.63. The van der Waals surface area contributed by atoms with Crippen molar-refractivity contribution < 1.29 is 0 Å². The molecule has 0 aromatic carbocycles. The quantitative estimate of drug-likeness (QED) is 0.540. The summed E-state index contributed by atoms with van der Waals surface area (Å²) in [6.07, 6.45) is 4.20. The molecule has 0 saturated carbocycles. The molecule has 0 aliphatic carbocycles. The van der Waals surface area contributed by atoms with Crippen molar-refractivity contribution in [1.82, 2.24) is 4.90 Å². The van der Waals surface area contributed by atoms with Crippen LogP contribution in [0.2, 0.25) is 0 Å². The Bertz CT molecular complexity index is 101. The maximum absolute atomic E-state index is 2.46. The standard InChI is InChI=1S/C9H19N/c1-4-9-5-6-10(3)8(2)7-9/h8-9H,4-7H2,1-3H3. The molecule has 1 aliphatic rings. The van der Waals surface area contributed by atoms with E-state index >= 15 is 0 Å². The highest BCUT2D eigenvalue weighted by molar-refractivity contribution is 4.75. The molecule has 0 aromatic heterocycles. The van der Waals surface area contributed by atoms with Gasteiger partial charge in [0.05, 0.1) is 0 Å². The van der Waals surface area contributed by atoms with Gasteiger partial charge in [-0.15, -0.1) is 0 Å². The fourth-order valence-electron chi connectivity index (χ4n) is 1.76. The predicted molar refractivity (Wildman–Crippen MR) is 45.1 cm³/mol. The van der Waals surface area contributed by atoms with Crippen LogP contribution in [0, 0.1) is 5.92 Å². The Kier molecular flexibility index (Phi) is 2.72. The highest BCUT2D eigenvalue weighted by Crippen LogP contribution is 2.23. The molecule has 0 amide bonds. The Labute approximate surface area is 64.4 Å². The van der Waals surface area contributed by atoms with Crippen molar-refractivity contribution in [2.24, 2.45) is 5.92 Å². The molecule has 2 atom stereocenters. The van der Waals surface area contributed by atoms with Gasteiger partial charge in [-0.2, -0.15) is 0 Å². The molecule has 1 saturated heterocycles. The fraction of sp³-hybridized carbons (Fsp3) is 1.00. The van der Waals surface area contributed by atoms with Crippen molar-refractivity contribution in [3.63, 3.8) is 0 Å². The van der Waals surface area contributed by atoms with E-state index in [0.717, 1.165) is 12.0 Å². The SMILES string of the molecule is CCC1CCN(C)C(C)C1. The van der Waals surface area contributed by atoms with Crippen molar-refractivity contribution >= 4 is 0 Å². The van der Waals surface area contributed by atoms with E-state index in [1.807, 2.05) is 0 Å². The highest BCUT2D eigenvalue weighted by Gasteiger charge is 2.20. The average molecular weight is 141 g/mol. The topological polar surface area (TPSA) is 3.24 Å². The Balaban J connectivity index is 2.33. The molecule has 0 radical (unpaired) electrons. The van der Waals surface area contributed by atoms with Crippen molar-refractivity contribution in [1.29, 1.82) is 0 Å². The van der Waals surface area contributed by atoms with E-state index in [1.54, 1.807) is 0 Å². The summed E-state index contributed by atoms with van der Waals surface area (Å²) < 4.78 is 0. The molecule has 2 unspecified atom stereocenters. The van der Waals surface area contributed by atoms with Gasteiger partial charge in [-0.1, -0.05) is 13.3 Å². The number of likely N-dealkylation sites (tertiary alicyclic amines) is 1. The molecule has 1 rings (SSSR count). The second-order valence-corrected chi connectivity index (χ2v) is 3.63. The van der Waals surface area contributed by atoms with Crippen molar-refractivity contribution in [3.05, 3.63) is 0 Å². The van der Waals surface area contributed by atoms with Crippen LogP contribution in [0.25, 0.3) is 0 Å². The normalized spacial score (nSPS) is 36.3. The lowest BCUT2D eigenvalue weighted by molar-refractivity contribution is 0.152. The largest absolute Gasteiger partial charge is 0.304 e. The molecule has 0 N–H and O–H groups in total. The maximum Gasteiger partial charge on any atom is 0.00665 e. The summed E-state index contributed by atoms with van der Waals surface area (Å²) in [4.78, 5) is 2.46. The Hall–Kier alpha value is -0.0400. The number of piperidine rings is 1. The van der Waals surface area contributed by atoms with Crippen LogP contribution < -0.4 is 0 Å². The van der Waals surface area contributed by atoms with Gasteiger partial charge in [0.15, 0.2) is 0 Å². The van der Waals surface area contributed by atoms with Gasteiger partial charge in [-0.3, -0.25) is 0 Å². The molecule has 0 spiro atoms. The van der Waals surface area contributed by atoms with Crippen LogP contribution in [0.1, 0.15) is 33.1 Å². The van der Waals surface area contributed by atoms with Gasteiger partial charge < -0.3 is 4.90 Å². The summed E-state index contributed by atoms with van der Waals surface area (Å²) in [5.41, 5.74) is 0. The Morgan fingerprint density at radius 3 is 2.70 bits per heavy atom. The highest BCUT2D eigenvalue weighted by atomic mass is 15.1. The van der Waals surface area contributed by atoms with E-state index < -0.39 is 0 Å². The van der Waals surface area contributed by atoms with E-state index in [4.69, 9.17) is 0 Å². The molecule has 60 valence electrons. The first-order chi connectivity index (χ1) is 4.74. The lowest BCUT2D eigenvalue weighted by atomic mass is 9.90. The Morgan fingerprint density at radius 2 is 2.20 bits per heavy atom. The lowest BCUT2D eigenvalue weighted by Gasteiger charge is -2.34. The van der Waals surface area contributed by atoms with Crippen molar-refractivity contribution in [3.8, 4) is 0 Å². The number of hydrogen-bond acceptors (Lipinski definition) is 1. The van der Waals surface area contributed by atoms with Crippen LogP contribution in [-0.4, -0.2) is 24.5 Å². The number of nitrogens with zero attached hydrogens (tertiary/aromatic N) is 1. The van der Waals surface area contributed by atoms with Crippen LogP contribution >= 0.6 is 0 Å². The van der Waals surface area contributed by atoms with Crippen LogP contribution in [0.4, 0.5) is 0 Å². The van der Waals surface area contributed by atoms with E-state index in [9.17, 15) is 0 Å². The monoisotopic (exact) mass is 141 g/mol. The summed E-state index contributed by atoms with van der Waals surface area (Å²) in [6, 6.07) is 0.818. The summed E-state index contributed by atoms with van der Waals surface area (Å²) in [5, 5.41) is 0. The van der Waals surface area contributed by atoms with Gasteiger partial charge in [0.25, 0.3) is 0 Å². The zero-order valence-electron chi connectivity index (χ0n) is 7.43. The smallest absolute Gasteiger partial charge is 0.00665 e. The van der Waals surface area contributed by atoms with Gasteiger partial charge in [0.2, 0.25) is 0 Å². The summed E-state index contributed by atoms with van der Waals surface area (Å²) >= 11 is 0. The maximum atomic E-state index is 2.46. The fourth-order valence-corrected chi connectivity index (χ4v) is 1.76. The molecule has 1 heteroatoms. The van der Waals surface area contributed by atoms with Crippen molar-refractivity contribution in [2.75, 3.05) is 13.6 Å². The van der Waals surface area contributed by atoms with Crippen LogP contribution in [0.3, 0.4) is 0 Å². The molecule has 1 heterocycles. The Morgan fingerprint density at radius 1 is 1.50 bits per heavy atom. The van der Waals surface area contributed by atoms with Gasteiger partial charge in [-0.05, 0) is 39.3 Å². The minimum atomic E-state index is 0.818. The summed E-state index contributed by atoms with van der Waals surface area (Å²) in [5.74, 6) is 1.01. The molecule has 0 aromatic rings. The van der Waals surface area contributed by atoms with E-state index in [1.165, 1.54) is 25.8 Å². The van der Waals surface area contributed by atoms with Gasteiger partial charge >= 0.3 is 0 Å². The number of hydrogen-bond donors (Lipinski definition) is 0. The summed E-state index contributed by atoms with van der Waals surface area (Å²) in [7, 11) is 2.23. The minimum Gasteiger partial charge on any atom is -0.304 e. The minimum absolute atomic E-state index is 0.818. The first-order valence-corrected chi connectivity index (χ1v) is 4.44. The molecule has 1 fully saturated rings. The molecule has 1 nitrogen and oxygen atoms in total. The zero-order valence-corrected chi connectivity index (χ0v) is 7.43. The second kappa shape index (κ2) is 3.38. The average Bonchev–Trinajstić information content (AvgIpc) is 1.95. The van der Waals surface area contributed by atoms with Gasteiger partial charge in [0.1, 0.15) is 0 Å².